The standard InChI is InChI=1S/C26H38N6O3/c1-5-35-26(34)32-16-14-31(15-17-32)25(33)21-6-8-23(9-7-21)30-12-10-22(11-13-30)27-19(2)24-18-29(4)28-20(24)3/h6-9,18-19,22,27H,5,10-17H2,1-4H3. The topological polar surface area (TPSA) is 82.9 Å². The second-order valence-corrected chi connectivity index (χ2v) is 9.52. The lowest BCUT2D eigenvalue weighted by molar-refractivity contribution is 0.0570. The third kappa shape index (κ3) is 5.96. The van der Waals surface area contributed by atoms with Gasteiger partial charge in [-0.1, -0.05) is 0 Å². The SMILES string of the molecule is CCOC(=O)N1CCN(C(=O)c2ccc(N3CCC(NC(C)c4cn(C)nc4C)CC3)cc2)CC1. The van der Waals surface area contributed by atoms with Crippen molar-refractivity contribution in [2.75, 3.05) is 50.8 Å². The Bertz CT molecular complexity index is 1000. The van der Waals surface area contributed by atoms with E-state index < -0.39 is 0 Å². The molecule has 0 aliphatic carbocycles. The van der Waals surface area contributed by atoms with E-state index in [9.17, 15) is 9.59 Å². The van der Waals surface area contributed by atoms with Gasteiger partial charge in [-0.15, -0.1) is 0 Å². The van der Waals surface area contributed by atoms with Crippen LogP contribution in [0, 0.1) is 6.92 Å². The van der Waals surface area contributed by atoms with Gasteiger partial charge in [-0.2, -0.15) is 5.10 Å². The van der Waals surface area contributed by atoms with E-state index in [-0.39, 0.29) is 18.0 Å². The Morgan fingerprint density at radius 2 is 1.69 bits per heavy atom. The van der Waals surface area contributed by atoms with Crippen LogP contribution in [0.3, 0.4) is 0 Å². The summed E-state index contributed by atoms with van der Waals surface area (Å²) in [6.45, 7) is 10.5. The molecule has 1 N–H and O–H groups in total. The molecular formula is C26H38N6O3. The third-order valence-corrected chi connectivity index (χ3v) is 7.07. The highest BCUT2D eigenvalue weighted by molar-refractivity contribution is 5.94. The predicted molar refractivity (Wildman–Crippen MR) is 136 cm³/mol. The van der Waals surface area contributed by atoms with E-state index in [0.717, 1.165) is 37.3 Å². The summed E-state index contributed by atoms with van der Waals surface area (Å²) in [5.74, 6) is 0.0163. The summed E-state index contributed by atoms with van der Waals surface area (Å²) in [6, 6.07) is 8.72. The highest BCUT2D eigenvalue weighted by Gasteiger charge is 2.26. The highest BCUT2D eigenvalue weighted by Crippen LogP contribution is 2.24. The number of amides is 2. The van der Waals surface area contributed by atoms with Gasteiger partial charge in [0, 0.05) is 81.4 Å². The minimum atomic E-state index is -0.301. The Balaban J connectivity index is 1.25. The van der Waals surface area contributed by atoms with Crippen LogP contribution in [0.4, 0.5) is 10.5 Å². The van der Waals surface area contributed by atoms with E-state index >= 15 is 0 Å². The van der Waals surface area contributed by atoms with Gasteiger partial charge in [-0.3, -0.25) is 9.48 Å². The summed E-state index contributed by atoms with van der Waals surface area (Å²) in [6.07, 6.45) is 3.96. The van der Waals surface area contributed by atoms with Crippen LogP contribution in [0.15, 0.2) is 30.5 Å². The molecule has 2 aromatic rings. The third-order valence-electron chi connectivity index (χ3n) is 7.07. The molecule has 0 bridgehead atoms. The van der Waals surface area contributed by atoms with Crippen molar-refractivity contribution in [1.82, 2.24) is 24.9 Å². The zero-order chi connectivity index (χ0) is 24.9. The molecule has 2 fully saturated rings. The number of hydrogen-bond donors (Lipinski definition) is 1. The molecule has 4 rings (SSSR count). The van der Waals surface area contributed by atoms with Gasteiger partial charge < -0.3 is 24.8 Å². The van der Waals surface area contributed by atoms with Crippen molar-refractivity contribution in [2.24, 2.45) is 7.05 Å². The van der Waals surface area contributed by atoms with Crippen molar-refractivity contribution in [3.8, 4) is 0 Å². The molecule has 190 valence electrons. The lowest BCUT2D eigenvalue weighted by Crippen LogP contribution is -2.50. The second kappa shape index (κ2) is 11.1. The van der Waals surface area contributed by atoms with Crippen molar-refractivity contribution >= 4 is 17.7 Å². The largest absolute Gasteiger partial charge is 0.450 e. The number of ether oxygens (including phenoxy) is 1. The summed E-state index contributed by atoms with van der Waals surface area (Å²) in [5.41, 5.74) is 4.19. The molecule has 3 heterocycles. The number of anilines is 1. The highest BCUT2D eigenvalue weighted by atomic mass is 16.6. The predicted octanol–water partition coefficient (Wildman–Crippen LogP) is 2.96. The minimum absolute atomic E-state index is 0.0163. The van der Waals surface area contributed by atoms with E-state index in [4.69, 9.17) is 4.74 Å². The zero-order valence-corrected chi connectivity index (χ0v) is 21.4. The van der Waals surface area contributed by atoms with E-state index in [1.54, 1.807) is 11.8 Å². The number of piperidine rings is 1. The lowest BCUT2D eigenvalue weighted by atomic mass is 10.0. The zero-order valence-electron chi connectivity index (χ0n) is 21.4. The number of hydrogen-bond acceptors (Lipinski definition) is 6. The maximum atomic E-state index is 12.9. The Morgan fingerprint density at radius 1 is 1.06 bits per heavy atom. The monoisotopic (exact) mass is 482 g/mol. The molecule has 0 spiro atoms. The number of aromatic nitrogens is 2. The van der Waals surface area contributed by atoms with Gasteiger partial charge in [-0.05, 0) is 57.9 Å². The van der Waals surface area contributed by atoms with Crippen LogP contribution in [-0.2, 0) is 11.8 Å². The first-order valence-corrected chi connectivity index (χ1v) is 12.7. The van der Waals surface area contributed by atoms with Crippen molar-refractivity contribution in [3.05, 3.63) is 47.3 Å². The van der Waals surface area contributed by atoms with Gasteiger partial charge in [0.2, 0.25) is 0 Å². The van der Waals surface area contributed by atoms with Crippen molar-refractivity contribution in [1.29, 1.82) is 0 Å². The van der Waals surface area contributed by atoms with Gasteiger partial charge in [0.05, 0.1) is 12.3 Å². The van der Waals surface area contributed by atoms with Crippen molar-refractivity contribution in [2.45, 2.75) is 45.7 Å². The van der Waals surface area contributed by atoms with E-state index in [1.165, 1.54) is 5.56 Å². The Kier molecular flexibility index (Phi) is 7.95. The van der Waals surface area contributed by atoms with Crippen LogP contribution in [0.5, 0.6) is 0 Å². The number of rotatable bonds is 6. The summed E-state index contributed by atoms with van der Waals surface area (Å²) >= 11 is 0. The van der Waals surface area contributed by atoms with E-state index in [0.29, 0.717) is 44.4 Å². The van der Waals surface area contributed by atoms with Crippen LogP contribution < -0.4 is 10.2 Å². The number of carbonyl (C=O) groups is 2. The van der Waals surface area contributed by atoms with Crippen LogP contribution in [0.1, 0.15) is 54.3 Å². The number of carbonyl (C=O) groups excluding carboxylic acids is 2. The molecule has 1 aromatic carbocycles. The quantitative estimate of drug-likeness (QED) is 0.682. The number of nitrogens with zero attached hydrogens (tertiary/aromatic N) is 5. The molecule has 1 aromatic heterocycles. The fourth-order valence-corrected chi connectivity index (χ4v) is 5.10. The fraction of sp³-hybridized carbons (Fsp3) is 0.577. The molecule has 35 heavy (non-hydrogen) atoms. The molecule has 0 radical (unpaired) electrons. The van der Waals surface area contributed by atoms with Crippen LogP contribution in [0.2, 0.25) is 0 Å². The number of benzene rings is 1. The van der Waals surface area contributed by atoms with Gasteiger partial charge in [0.25, 0.3) is 5.91 Å². The summed E-state index contributed by atoms with van der Waals surface area (Å²) < 4.78 is 6.93. The molecule has 2 amide bonds. The molecule has 2 aliphatic heterocycles. The summed E-state index contributed by atoms with van der Waals surface area (Å²) in [7, 11) is 1.96. The first kappa shape index (κ1) is 25.0. The number of nitrogens with one attached hydrogen (secondary N) is 1. The minimum Gasteiger partial charge on any atom is -0.450 e. The van der Waals surface area contributed by atoms with Gasteiger partial charge in [0.15, 0.2) is 0 Å². The average Bonchev–Trinajstić information content (AvgIpc) is 3.22. The summed E-state index contributed by atoms with van der Waals surface area (Å²) in [5, 5.41) is 8.24. The first-order valence-electron chi connectivity index (χ1n) is 12.7. The van der Waals surface area contributed by atoms with Crippen molar-refractivity contribution in [3.63, 3.8) is 0 Å². The smallest absolute Gasteiger partial charge is 0.409 e. The summed E-state index contributed by atoms with van der Waals surface area (Å²) in [4.78, 5) is 30.7. The molecule has 1 unspecified atom stereocenters. The Hall–Kier alpha value is -3.07. The average molecular weight is 483 g/mol. The van der Waals surface area contributed by atoms with E-state index in [1.807, 2.05) is 28.8 Å². The second-order valence-electron chi connectivity index (χ2n) is 9.52. The number of aryl methyl sites for hydroxylation is 2. The lowest BCUT2D eigenvalue weighted by Gasteiger charge is -2.35. The van der Waals surface area contributed by atoms with Gasteiger partial charge in [-0.25, -0.2) is 4.79 Å². The molecule has 9 heteroatoms. The molecule has 0 saturated carbocycles. The number of piperazine rings is 1. The molecule has 2 saturated heterocycles. The van der Waals surface area contributed by atoms with Crippen LogP contribution in [0.25, 0.3) is 0 Å². The normalized spacial score (nSPS) is 18.0. The van der Waals surface area contributed by atoms with Crippen LogP contribution in [-0.4, -0.2) is 83.5 Å². The van der Waals surface area contributed by atoms with E-state index in [2.05, 4.69) is 47.5 Å². The molecule has 9 nitrogen and oxygen atoms in total. The fourth-order valence-electron chi connectivity index (χ4n) is 5.10. The van der Waals surface area contributed by atoms with Crippen LogP contribution >= 0.6 is 0 Å². The molecular weight excluding hydrogens is 444 g/mol. The Morgan fingerprint density at radius 3 is 2.26 bits per heavy atom. The Labute approximate surface area is 208 Å². The maximum absolute atomic E-state index is 12.9. The van der Waals surface area contributed by atoms with Gasteiger partial charge >= 0.3 is 6.09 Å². The molecule has 1 atom stereocenters. The maximum Gasteiger partial charge on any atom is 0.409 e. The van der Waals surface area contributed by atoms with Gasteiger partial charge in [0.1, 0.15) is 0 Å². The van der Waals surface area contributed by atoms with Crippen molar-refractivity contribution < 1.29 is 14.3 Å². The first-order chi connectivity index (χ1) is 16.9. The molecule has 2 aliphatic rings.